The molecule has 3 nitrogen and oxygen atoms in total. The number of likely N-dealkylation sites (tertiary alicyclic amines) is 1. The van der Waals surface area contributed by atoms with E-state index in [-0.39, 0.29) is 5.54 Å². The third-order valence-electron chi connectivity index (χ3n) is 4.59. The Morgan fingerprint density at radius 3 is 2.64 bits per heavy atom. The number of carboxylic acid groups (broad SMARTS) is 1. The van der Waals surface area contributed by atoms with Crippen LogP contribution in [0.3, 0.4) is 0 Å². The SMILES string of the molecule is CC(C)(C)N1CC[C@@H](C(=O)O)C2(/C=C(F)/C=C(F)\C=C/C2)C1. The van der Waals surface area contributed by atoms with Gasteiger partial charge in [0.2, 0.25) is 0 Å². The van der Waals surface area contributed by atoms with E-state index in [9.17, 15) is 18.7 Å². The Morgan fingerprint density at radius 1 is 1.36 bits per heavy atom. The predicted molar refractivity (Wildman–Crippen MR) is 81.6 cm³/mol. The van der Waals surface area contributed by atoms with E-state index in [1.807, 2.05) is 0 Å². The van der Waals surface area contributed by atoms with Crippen LogP contribution in [-0.2, 0) is 4.79 Å². The van der Waals surface area contributed by atoms with Gasteiger partial charge in [0, 0.05) is 23.6 Å². The quantitative estimate of drug-likeness (QED) is 0.800. The van der Waals surface area contributed by atoms with Crippen molar-refractivity contribution in [1.29, 1.82) is 0 Å². The number of carboxylic acids is 1. The fourth-order valence-corrected chi connectivity index (χ4v) is 3.36. The van der Waals surface area contributed by atoms with E-state index in [4.69, 9.17) is 0 Å². The van der Waals surface area contributed by atoms with Gasteiger partial charge < -0.3 is 5.11 Å². The lowest BCUT2D eigenvalue weighted by Gasteiger charge is -2.49. The van der Waals surface area contributed by atoms with Gasteiger partial charge in [-0.3, -0.25) is 9.69 Å². The molecule has 0 saturated carbocycles. The van der Waals surface area contributed by atoms with Crippen LogP contribution in [0.2, 0.25) is 0 Å². The molecule has 0 aromatic rings. The lowest BCUT2D eigenvalue weighted by molar-refractivity contribution is -0.149. The molecule has 2 rings (SSSR count). The van der Waals surface area contributed by atoms with Crippen molar-refractivity contribution in [1.82, 2.24) is 4.90 Å². The van der Waals surface area contributed by atoms with Crippen molar-refractivity contribution in [2.45, 2.75) is 39.2 Å². The highest BCUT2D eigenvalue weighted by Gasteiger charge is 2.47. The van der Waals surface area contributed by atoms with Gasteiger partial charge >= 0.3 is 5.97 Å². The van der Waals surface area contributed by atoms with E-state index in [0.29, 0.717) is 25.9 Å². The van der Waals surface area contributed by atoms with Crippen molar-refractivity contribution in [3.05, 3.63) is 36.0 Å². The van der Waals surface area contributed by atoms with Crippen LogP contribution in [0.25, 0.3) is 0 Å². The summed E-state index contributed by atoms with van der Waals surface area (Å²) in [6.45, 7) is 7.27. The van der Waals surface area contributed by atoms with E-state index in [1.165, 1.54) is 12.2 Å². The summed E-state index contributed by atoms with van der Waals surface area (Å²) in [6.07, 6.45) is 5.71. The number of halogens is 2. The first kappa shape index (κ1) is 16.9. The fraction of sp³-hybridized carbons (Fsp3) is 0.588. The summed E-state index contributed by atoms with van der Waals surface area (Å²) < 4.78 is 27.4. The maximum atomic E-state index is 14.1. The molecular formula is C17H23F2NO2. The summed E-state index contributed by atoms with van der Waals surface area (Å²) in [7, 11) is 0. The topological polar surface area (TPSA) is 40.5 Å². The Labute approximate surface area is 130 Å². The highest BCUT2D eigenvalue weighted by molar-refractivity contribution is 5.72. The Bertz CT molecular complexity index is 545. The van der Waals surface area contributed by atoms with Crippen molar-refractivity contribution >= 4 is 5.97 Å². The molecule has 1 N–H and O–H groups in total. The summed E-state index contributed by atoms with van der Waals surface area (Å²) in [5, 5.41) is 9.56. The molecule has 5 heteroatoms. The van der Waals surface area contributed by atoms with E-state index < -0.39 is 29.0 Å². The van der Waals surface area contributed by atoms with E-state index in [0.717, 1.165) is 6.08 Å². The Hall–Kier alpha value is -1.49. The Kier molecular flexibility index (Phi) is 4.57. The minimum atomic E-state index is -0.920. The molecule has 122 valence electrons. The average Bonchev–Trinajstić information content (AvgIpc) is 2.35. The number of piperidine rings is 1. The molecule has 0 aromatic carbocycles. The number of carbonyl (C=O) groups is 1. The molecule has 22 heavy (non-hydrogen) atoms. The second-order valence-corrected chi connectivity index (χ2v) is 7.17. The summed E-state index contributed by atoms with van der Waals surface area (Å²) in [6, 6.07) is 0. The van der Waals surface area contributed by atoms with Crippen LogP contribution in [0, 0.1) is 11.3 Å². The van der Waals surface area contributed by atoms with Crippen molar-refractivity contribution in [2.24, 2.45) is 11.3 Å². The summed E-state index contributed by atoms with van der Waals surface area (Å²) >= 11 is 0. The van der Waals surface area contributed by atoms with Crippen molar-refractivity contribution in [3.63, 3.8) is 0 Å². The smallest absolute Gasteiger partial charge is 0.307 e. The summed E-state index contributed by atoms with van der Waals surface area (Å²) in [5.41, 5.74) is -0.983. The number of aliphatic carboxylic acids is 1. The van der Waals surface area contributed by atoms with Crippen LogP contribution in [-0.4, -0.2) is 34.6 Å². The first-order valence-corrected chi connectivity index (χ1v) is 7.54. The Balaban J connectivity index is 2.46. The highest BCUT2D eigenvalue weighted by Crippen LogP contribution is 2.44. The lowest BCUT2D eigenvalue weighted by Crippen LogP contribution is -2.56. The molecular weight excluding hydrogens is 288 g/mol. The number of allylic oxidation sites excluding steroid dienone is 5. The average molecular weight is 311 g/mol. The van der Waals surface area contributed by atoms with Crippen LogP contribution in [0.1, 0.15) is 33.6 Å². The lowest BCUT2D eigenvalue weighted by atomic mass is 9.67. The maximum absolute atomic E-state index is 14.1. The van der Waals surface area contributed by atoms with Gasteiger partial charge in [-0.1, -0.05) is 6.08 Å². The fourth-order valence-electron chi connectivity index (χ4n) is 3.36. The first-order valence-electron chi connectivity index (χ1n) is 7.54. The zero-order valence-corrected chi connectivity index (χ0v) is 13.3. The largest absolute Gasteiger partial charge is 0.481 e. The van der Waals surface area contributed by atoms with Gasteiger partial charge in [-0.05, 0) is 52.3 Å². The van der Waals surface area contributed by atoms with Gasteiger partial charge in [0.25, 0.3) is 0 Å². The second-order valence-electron chi connectivity index (χ2n) is 7.17. The molecule has 1 saturated heterocycles. The van der Waals surface area contributed by atoms with Gasteiger partial charge in [0.15, 0.2) is 0 Å². The van der Waals surface area contributed by atoms with Gasteiger partial charge in [-0.2, -0.15) is 0 Å². The summed E-state index contributed by atoms with van der Waals surface area (Å²) in [5.74, 6) is -2.95. The Morgan fingerprint density at radius 2 is 2.05 bits per heavy atom. The van der Waals surface area contributed by atoms with Gasteiger partial charge in [-0.15, -0.1) is 0 Å². The third-order valence-corrected chi connectivity index (χ3v) is 4.59. The standard InChI is InChI=1S/C17H23F2NO2/c1-16(2,3)20-8-6-14(15(21)22)17(11-20)7-4-5-12(18)9-13(19)10-17/h4-5,9-10,14H,6-8,11H2,1-3H3,(H,21,22)/b5-4-,12-9+,13-10-/t14-,17?/m0/s1. The molecule has 1 unspecified atom stereocenters. The van der Waals surface area contributed by atoms with Crippen molar-refractivity contribution in [3.8, 4) is 0 Å². The molecule has 1 fully saturated rings. The predicted octanol–water partition coefficient (Wildman–Crippen LogP) is 3.84. The van der Waals surface area contributed by atoms with Crippen molar-refractivity contribution in [2.75, 3.05) is 13.1 Å². The van der Waals surface area contributed by atoms with Crippen LogP contribution in [0.4, 0.5) is 8.78 Å². The van der Waals surface area contributed by atoms with E-state index >= 15 is 0 Å². The normalized spacial score (nSPS) is 36.7. The molecule has 1 aliphatic heterocycles. The zero-order chi connectivity index (χ0) is 16.5. The van der Waals surface area contributed by atoms with E-state index in [1.54, 1.807) is 6.08 Å². The van der Waals surface area contributed by atoms with E-state index in [2.05, 4.69) is 25.7 Å². The van der Waals surface area contributed by atoms with Crippen LogP contribution in [0.15, 0.2) is 36.0 Å². The molecule has 1 heterocycles. The second kappa shape index (κ2) is 5.95. The monoisotopic (exact) mass is 311 g/mol. The van der Waals surface area contributed by atoms with Gasteiger partial charge in [0.05, 0.1) is 5.92 Å². The molecule has 1 aliphatic carbocycles. The number of hydrogen-bond acceptors (Lipinski definition) is 2. The van der Waals surface area contributed by atoms with Crippen LogP contribution in [0.5, 0.6) is 0 Å². The number of nitrogens with zero attached hydrogens (tertiary/aromatic N) is 1. The van der Waals surface area contributed by atoms with Crippen LogP contribution >= 0.6 is 0 Å². The van der Waals surface area contributed by atoms with Gasteiger partial charge in [-0.25, -0.2) is 8.78 Å². The molecule has 0 amide bonds. The maximum Gasteiger partial charge on any atom is 0.307 e. The molecule has 1 spiro atoms. The zero-order valence-electron chi connectivity index (χ0n) is 13.3. The van der Waals surface area contributed by atoms with Crippen molar-refractivity contribution < 1.29 is 18.7 Å². The number of rotatable bonds is 1. The number of hydrogen-bond donors (Lipinski definition) is 1. The van der Waals surface area contributed by atoms with Crippen LogP contribution < -0.4 is 0 Å². The molecule has 0 aromatic heterocycles. The highest BCUT2D eigenvalue weighted by atomic mass is 19.1. The molecule has 0 radical (unpaired) electrons. The molecule has 2 aliphatic rings. The summed E-state index contributed by atoms with van der Waals surface area (Å²) in [4.78, 5) is 13.8. The third kappa shape index (κ3) is 3.46. The van der Waals surface area contributed by atoms with Gasteiger partial charge in [0.1, 0.15) is 11.7 Å². The first-order chi connectivity index (χ1) is 10.1. The minimum absolute atomic E-state index is 0.131. The molecule has 2 atom stereocenters. The molecule has 0 bridgehead atoms. The minimum Gasteiger partial charge on any atom is -0.481 e.